The molecular weight excluding hydrogens is 462 g/mol. The molecule has 0 radical (unpaired) electrons. The molecule has 0 bridgehead atoms. The number of halogens is 1. The number of amides is 4. The largest absolute Gasteiger partial charge is 0.496 e. The van der Waals surface area contributed by atoms with E-state index in [2.05, 4.69) is 21.2 Å². The third-order valence-corrected chi connectivity index (χ3v) is 4.74. The molecule has 30 heavy (non-hydrogen) atoms. The lowest BCUT2D eigenvalue weighted by molar-refractivity contribution is -0.385. The zero-order chi connectivity index (χ0) is 22.0. The number of nitro benzene ring substituents is 1. The van der Waals surface area contributed by atoms with E-state index in [1.54, 1.807) is 12.1 Å². The van der Waals surface area contributed by atoms with Crippen LogP contribution in [0.3, 0.4) is 0 Å². The fourth-order valence-electron chi connectivity index (χ4n) is 2.80. The van der Waals surface area contributed by atoms with Gasteiger partial charge in [-0.3, -0.25) is 25.0 Å². The van der Waals surface area contributed by atoms with Crippen LogP contribution in [-0.4, -0.2) is 37.0 Å². The smallest absolute Gasteiger partial charge is 0.335 e. The number of nitrogens with zero attached hydrogens (tertiary/aromatic N) is 2. The number of benzene rings is 2. The van der Waals surface area contributed by atoms with E-state index >= 15 is 0 Å². The molecule has 4 amide bonds. The van der Waals surface area contributed by atoms with E-state index in [-0.39, 0.29) is 28.4 Å². The van der Waals surface area contributed by atoms with Crippen LogP contribution in [-0.2, 0) is 9.59 Å². The molecule has 0 unspecified atom stereocenters. The zero-order valence-electron chi connectivity index (χ0n) is 15.7. The quantitative estimate of drug-likeness (QED) is 0.304. The summed E-state index contributed by atoms with van der Waals surface area (Å²) in [7, 11) is 2.59. The molecule has 2 aromatic rings. The van der Waals surface area contributed by atoms with Crippen molar-refractivity contribution in [3.8, 4) is 11.5 Å². The van der Waals surface area contributed by atoms with Crippen LogP contribution in [0.4, 0.5) is 16.2 Å². The summed E-state index contributed by atoms with van der Waals surface area (Å²) in [6, 6.07) is 7.79. The first-order chi connectivity index (χ1) is 14.3. The summed E-state index contributed by atoms with van der Waals surface area (Å²) in [6.07, 6.45) is 1.13. The number of hydrogen-bond donors (Lipinski definition) is 1. The van der Waals surface area contributed by atoms with Crippen molar-refractivity contribution in [3.05, 3.63) is 62.1 Å². The van der Waals surface area contributed by atoms with Gasteiger partial charge in [-0.05, 0) is 30.3 Å². The van der Waals surface area contributed by atoms with Gasteiger partial charge in [0.1, 0.15) is 11.3 Å². The number of anilines is 1. The van der Waals surface area contributed by atoms with Crippen molar-refractivity contribution in [3.63, 3.8) is 0 Å². The van der Waals surface area contributed by atoms with Crippen molar-refractivity contribution < 1.29 is 28.8 Å². The van der Waals surface area contributed by atoms with Crippen molar-refractivity contribution in [2.24, 2.45) is 0 Å². The highest BCUT2D eigenvalue weighted by atomic mass is 79.9. The molecule has 1 fully saturated rings. The topological polar surface area (TPSA) is 128 Å². The fourth-order valence-corrected chi connectivity index (χ4v) is 3.06. The molecule has 1 heterocycles. The van der Waals surface area contributed by atoms with Crippen LogP contribution in [0.25, 0.3) is 6.08 Å². The Hall–Kier alpha value is -3.73. The number of nitro groups is 1. The van der Waals surface area contributed by atoms with E-state index in [1.807, 2.05) is 0 Å². The lowest BCUT2D eigenvalue weighted by atomic mass is 10.0. The number of methoxy groups -OCH3 is 2. The predicted molar refractivity (Wildman–Crippen MR) is 109 cm³/mol. The van der Waals surface area contributed by atoms with Gasteiger partial charge in [0.25, 0.3) is 11.8 Å². The van der Waals surface area contributed by atoms with Crippen molar-refractivity contribution in [2.75, 3.05) is 19.1 Å². The summed E-state index contributed by atoms with van der Waals surface area (Å²) >= 11 is 3.26. The maximum Gasteiger partial charge on any atom is 0.335 e. The van der Waals surface area contributed by atoms with E-state index in [0.29, 0.717) is 0 Å². The first-order valence-corrected chi connectivity index (χ1v) is 9.13. The van der Waals surface area contributed by atoms with Gasteiger partial charge in [-0.2, -0.15) is 0 Å². The minimum absolute atomic E-state index is 0.0508. The molecular formula is C19H14BrN3O7. The summed E-state index contributed by atoms with van der Waals surface area (Å²) in [5.74, 6) is -1.73. The molecule has 0 aromatic heterocycles. The van der Waals surface area contributed by atoms with Crippen molar-refractivity contribution in [1.82, 2.24) is 5.32 Å². The van der Waals surface area contributed by atoms with Crippen molar-refractivity contribution >= 4 is 51.2 Å². The Kier molecular flexibility index (Phi) is 5.83. The molecule has 10 nitrogen and oxygen atoms in total. The molecule has 0 saturated carbocycles. The predicted octanol–water partition coefficient (Wildman–Crippen LogP) is 3.04. The molecule has 1 aliphatic rings. The van der Waals surface area contributed by atoms with Crippen LogP contribution < -0.4 is 19.7 Å². The maximum absolute atomic E-state index is 12.9. The van der Waals surface area contributed by atoms with Crippen molar-refractivity contribution in [1.29, 1.82) is 0 Å². The number of carbonyl (C=O) groups is 3. The standard InChI is InChI=1S/C19H14BrN3O7/c1-29-15-9-16(30-2)14(23(27)28)8-10(15)7-13-17(24)21-19(26)22(18(13)25)12-5-3-11(20)4-6-12/h3-9H,1-2H3,(H,21,24,26)/b13-7-. The molecule has 154 valence electrons. The monoisotopic (exact) mass is 475 g/mol. The lowest BCUT2D eigenvalue weighted by Gasteiger charge is -2.26. The average molecular weight is 476 g/mol. The first kappa shape index (κ1) is 21.0. The van der Waals surface area contributed by atoms with Gasteiger partial charge in [0, 0.05) is 22.2 Å². The highest BCUT2D eigenvalue weighted by Crippen LogP contribution is 2.36. The molecule has 1 aliphatic heterocycles. The van der Waals surface area contributed by atoms with Crippen molar-refractivity contribution in [2.45, 2.75) is 0 Å². The van der Waals surface area contributed by atoms with Gasteiger partial charge in [-0.15, -0.1) is 0 Å². The van der Waals surface area contributed by atoms with Crippen LogP contribution in [0.2, 0.25) is 0 Å². The molecule has 1 N–H and O–H groups in total. The minimum Gasteiger partial charge on any atom is -0.496 e. The zero-order valence-corrected chi connectivity index (χ0v) is 17.3. The SMILES string of the molecule is COc1cc(OC)c([N+](=O)[O-])cc1/C=C1/C(=O)NC(=O)N(c2ccc(Br)cc2)C1=O. The van der Waals surface area contributed by atoms with Crippen LogP contribution in [0, 0.1) is 10.1 Å². The van der Waals surface area contributed by atoms with Crippen LogP contribution in [0.5, 0.6) is 11.5 Å². The number of barbiturate groups is 1. The van der Waals surface area contributed by atoms with Crippen LogP contribution in [0.1, 0.15) is 5.56 Å². The van der Waals surface area contributed by atoms with Gasteiger partial charge in [0.15, 0.2) is 0 Å². The normalized spacial score (nSPS) is 15.2. The average Bonchev–Trinajstić information content (AvgIpc) is 2.71. The number of carbonyl (C=O) groups excluding carboxylic acids is 3. The minimum atomic E-state index is -0.932. The van der Waals surface area contributed by atoms with Crippen LogP contribution in [0.15, 0.2) is 46.4 Å². The summed E-state index contributed by atoms with van der Waals surface area (Å²) in [5, 5.41) is 13.4. The summed E-state index contributed by atoms with van der Waals surface area (Å²) in [4.78, 5) is 49.0. The second kappa shape index (κ2) is 8.33. The fraction of sp³-hybridized carbons (Fsp3) is 0.105. The summed E-state index contributed by atoms with van der Waals surface area (Å²) < 4.78 is 10.9. The molecule has 1 saturated heterocycles. The number of rotatable bonds is 5. The molecule has 3 rings (SSSR count). The maximum atomic E-state index is 12.9. The molecule has 0 spiro atoms. The Labute approximate surface area is 178 Å². The van der Waals surface area contributed by atoms with E-state index in [4.69, 9.17) is 9.47 Å². The molecule has 0 aliphatic carbocycles. The third-order valence-electron chi connectivity index (χ3n) is 4.21. The second-order valence-electron chi connectivity index (χ2n) is 5.96. The Balaban J connectivity index is 2.11. The number of hydrogen-bond acceptors (Lipinski definition) is 7. The lowest BCUT2D eigenvalue weighted by Crippen LogP contribution is -2.54. The Morgan fingerprint density at radius 2 is 1.70 bits per heavy atom. The van der Waals surface area contributed by atoms with E-state index in [9.17, 15) is 24.5 Å². The third kappa shape index (κ3) is 3.87. The number of nitrogens with one attached hydrogen (secondary N) is 1. The number of ether oxygens (including phenoxy) is 2. The summed E-state index contributed by atoms with van der Waals surface area (Å²) in [6.45, 7) is 0. The molecule has 11 heteroatoms. The Morgan fingerprint density at radius 1 is 1.07 bits per heavy atom. The second-order valence-corrected chi connectivity index (χ2v) is 6.87. The Morgan fingerprint density at radius 3 is 2.27 bits per heavy atom. The highest BCUT2D eigenvalue weighted by Gasteiger charge is 2.37. The molecule has 0 atom stereocenters. The molecule has 2 aromatic carbocycles. The van der Waals surface area contributed by atoms with Crippen LogP contribution >= 0.6 is 15.9 Å². The van der Waals surface area contributed by atoms with E-state index < -0.39 is 28.3 Å². The van der Waals surface area contributed by atoms with E-state index in [1.165, 1.54) is 32.4 Å². The van der Waals surface area contributed by atoms with Gasteiger partial charge in [-0.25, -0.2) is 9.69 Å². The van der Waals surface area contributed by atoms with Gasteiger partial charge in [0.2, 0.25) is 5.75 Å². The van der Waals surface area contributed by atoms with Gasteiger partial charge in [0.05, 0.1) is 24.8 Å². The van der Waals surface area contributed by atoms with Gasteiger partial charge < -0.3 is 9.47 Å². The first-order valence-electron chi connectivity index (χ1n) is 8.34. The van der Waals surface area contributed by atoms with E-state index in [0.717, 1.165) is 21.5 Å². The number of imide groups is 2. The van der Waals surface area contributed by atoms with Gasteiger partial charge >= 0.3 is 11.7 Å². The number of urea groups is 1. The summed E-state index contributed by atoms with van der Waals surface area (Å²) in [5.41, 5.74) is -0.440. The van der Waals surface area contributed by atoms with Gasteiger partial charge in [-0.1, -0.05) is 15.9 Å². The Bertz CT molecular complexity index is 1100. The highest BCUT2D eigenvalue weighted by molar-refractivity contribution is 9.10.